The lowest BCUT2D eigenvalue weighted by atomic mass is 10.1. The minimum Gasteiger partial charge on any atom is -0.460 e. The molecule has 1 atom stereocenters. The monoisotopic (exact) mass is 363 g/mol. The Kier molecular flexibility index (Phi) is 7.47. The number of fused-ring (bicyclic) bond motifs is 1. The van der Waals surface area contributed by atoms with Crippen molar-refractivity contribution in [3.8, 4) is 5.75 Å². The summed E-state index contributed by atoms with van der Waals surface area (Å²) in [4.78, 5) is 22.7. The molecule has 3 N–H and O–H groups in total. The molecular formula is C14H23Cl2N5O2. The first kappa shape index (κ1) is 19.9. The highest BCUT2D eigenvalue weighted by atomic mass is 35.5. The van der Waals surface area contributed by atoms with E-state index >= 15 is 0 Å². The molecule has 0 spiro atoms. The molecule has 1 aromatic rings. The predicted molar refractivity (Wildman–Crippen MR) is 92.5 cm³/mol. The molecule has 1 amide bonds. The maximum Gasteiger partial charge on any atom is 0.281 e. The van der Waals surface area contributed by atoms with Crippen LogP contribution in [0.3, 0.4) is 0 Å². The van der Waals surface area contributed by atoms with Gasteiger partial charge in [-0.05, 0) is 32.9 Å². The van der Waals surface area contributed by atoms with Gasteiger partial charge in [-0.1, -0.05) is 6.42 Å². The second-order valence-electron chi connectivity index (χ2n) is 5.58. The van der Waals surface area contributed by atoms with Gasteiger partial charge in [0.1, 0.15) is 5.82 Å². The number of amides is 1. The molecule has 3 rings (SSSR count). The van der Waals surface area contributed by atoms with E-state index in [1.165, 1.54) is 19.3 Å². The maximum absolute atomic E-state index is 11.6. The molecule has 0 aromatic carbocycles. The van der Waals surface area contributed by atoms with Crippen LogP contribution in [0.15, 0.2) is 0 Å². The molecule has 1 fully saturated rings. The van der Waals surface area contributed by atoms with Gasteiger partial charge in [0.25, 0.3) is 5.91 Å². The van der Waals surface area contributed by atoms with E-state index in [4.69, 9.17) is 10.5 Å². The van der Waals surface area contributed by atoms with E-state index in [0.29, 0.717) is 17.4 Å². The third-order valence-corrected chi connectivity index (χ3v) is 3.91. The number of ether oxygens (including phenoxy) is 1. The van der Waals surface area contributed by atoms with Crippen LogP contribution in [0, 0.1) is 6.92 Å². The predicted octanol–water partition coefficient (Wildman–Crippen LogP) is 1.27. The Balaban J connectivity index is 0.00000132. The molecule has 23 heavy (non-hydrogen) atoms. The third kappa shape index (κ3) is 4.67. The zero-order valence-corrected chi connectivity index (χ0v) is 14.7. The van der Waals surface area contributed by atoms with E-state index < -0.39 is 6.23 Å². The number of carbonyl (C=O) groups is 1. The Bertz CT molecular complexity index is 552. The van der Waals surface area contributed by atoms with Gasteiger partial charge in [-0.25, -0.2) is 9.97 Å². The SMILES string of the molecule is Cc1nc(CCN2CCCCC2)c2c(n1)NC(=O)C(N)O2.Cl.Cl. The molecule has 0 saturated carbocycles. The fraction of sp³-hybridized carbons (Fsp3) is 0.643. The molecule has 2 aliphatic heterocycles. The van der Waals surface area contributed by atoms with Crippen molar-refractivity contribution in [2.45, 2.75) is 38.8 Å². The Hall–Kier alpha value is -1.15. The number of nitrogens with one attached hydrogen (secondary N) is 1. The minimum absolute atomic E-state index is 0. The van der Waals surface area contributed by atoms with Crippen molar-refractivity contribution in [3.63, 3.8) is 0 Å². The zero-order chi connectivity index (χ0) is 14.8. The summed E-state index contributed by atoms with van der Waals surface area (Å²) >= 11 is 0. The van der Waals surface area contributed by atoms with Crippen LogP contribution < -0.4 is 15.8 Å². The standard InChI is InChI=1S/C14H21N5O2.2ClH/c1-9-16-10(5-8-19-6-3-2-4-7-19)11-13(17-9)18-14(20)12(15)21-11;;/h12H,2-8,15H2,1H3,(H,16,17,18,20);2*1H. The van der Waals surface area contributed by atoms with Crippen molar-refractivity contribution in [1.29, 1.82) is 0 Å². The number of nitrogens with zero attached hydrogens (tertiary/aromatic N) is 3. The summed E-state index contributed by atoms with van der Waals surface area (Å²) in [7, 11) is 0. The first-order valence-corrected chi connectivity index (χ1v) is 7.46. The largest absolute Gasteiger partial charge is 0.460 e. The number of halogens is 2. The average molecular weight is 364 g/mol. The average Bonchev–Trinajstić information content (AvgIpc) is 2.48. The van der Waals surface area contributed by atoms with Crippen molar-refractivity contribution in [2.75, 3.05) is 25.0 Å². The number of anilines is 1. The number of nitrogens with two attached hydrogens (primary N) is 1. The molecule has 1 saturated heterocycles. The number of carbonyl (C=O) groups excluding carboxylic acids is 1. The van der Waals surface area contributed by atoms with Crippen molar-refractivity contribution < 1.29 is 9.53 Å². The van der Waals surface area contributed by atoms with Crippen LogP contribution in [-0.4, -0.2) is 46.6 Å². The minimum atomic E-state index is -0.988. The lowest BCUT2D eigenvalue weighted by molar-refractivity contribution is -0.123. The van der Waals surface area contributed by atoms with E-state index in [1.54, 1.807) is 0 Å². The summed E-state index contributed by atoms with van der Waals surface area (Å²) < 4.78 is 5.49. The van der Waals surface area contributed by atoms with Crippen molar-refractivity contribution in [1.82, 2.24) is 14.9 Å². The van der Waals surface area contributed by atoms with Crippen LogP contribution in [0.25, 0.3) is 0 Å². The Morgan fingerprint density at radius 3 is 2.65 bits per heavy atom. The molecule has 1 unspecified atom stereocenters. The molecule has 0 radical (unpaired) electrons. The highest BCUT2D eigenvalue weighted by Gasteiger charge is 2.28. The van der Waals surface area contributed by atoms with Gasteiger partial charge in [0.05, 0.1) is 5.69 Å². The van der Waals surface area contributed by atoms with Crippen molar-refractivity contribution in [2.24, 2.45) is 5.73 Å². The number of piperidine rings is 1. The highest BCUT2D eigenvalue weighted by molar-refractivity contribution is 5.96. The topological polar surface area (TPSA) is 93.4 Å². The second-order valence-corrected chi connectivity index (χ2v) is 5.58. The Morgan fingerprint density at radius 1 is 1.26 bits per heavy atom. The van der Waals surface area contributed by atoms with E-state index in [2.05, 4.69) is 20.2 Å². The highest BCUT2D eigenvalue weighted by Crippen LogP contribution is 2.30. The number of rotatable bonds is 3. The van der Waals surface area contributed by atoms with E-state index in [1.807, 2.05) is 6.92 Å². The van der Waals surface area contributed by atoms with E-state index in [9.17, 15) is 4.79 Å². The van der Waals surface area contributed by atoms with Gasteiger partial charge in [0, 0.05) is 13.0 Å². The van der Waals surface area contributed by atoms with E-state index in [-0.39, 0.29) is 30.7 Å². The molecule has 0 aliphatic carbocycles. The maximum atomic E-state index is 11.6. The van der Waals surface area contributed by atoms with Gasteiger partial charge < -0.3 is 15.0 Å². The summed E-state index contributed by atoms with van der Waals surface area (Å²) in [5, 5.41) is 2.68. The summed E-state index contributed by atoms with van der Waals surface area (Å²) in [6.07, 6.45) is 3.63. The summed E-state index contributed by atoms with van der Waals surface area (Å²) in [5.41, 5.74) is 6.46. The van der Waals surface area contributed by atoms with Crippen molar-refractivity contribution in [3.05, 3.63) is 11.5 Å². The summed E-state index contributed by atoms with van der Waals surface area (Å²) in [5.74, 6) is 1.21. The first-order valence-electron chi connectivity index (χ1n) is 7.46. The van der Waals surface area contributed by atoms with Crippen LogP contribution in [0.4, 0.5) is 5.82 Å². The fourth-order valence-electron chi connectivity index (χ4n) is 2.81. The van der Waals surface area contributed by atoms with Crippen LogP contribution >= 0.6 is 24.8 Å². The molecule has 130 valence electrons. The lowest BCUT2D eigenvalue weighted by Crippen LogP contribution is -2.44. The van der Waals surface area contributed by atoms with Gasteiger partial charge >= 0.3 is 0 Å². The fourth-order valence-corrected chi connectivity index (χ4v) is 2.81. The van der Waals surface area contributed by atoms with Crippen LogP contribution in [-0.2, 0) is 11.2 Å². The van der Waals surface area contributed by atoms with Crippen LogP contribution in [0.1, 0.15) is 30.8 Å². The van der Waals surface area contributed by atoms with Gasteiger partial charge in [-0.15, -0.1) is 24.8 Å². The third-order valence-electron chi connectivity index (χ3n) is 3.91. The van der Waals surface area contributed by atoms with Crippen LogP contribution in [0.5, 0.6) is 5.75 Å². The van der Waals surface area contributed by atoms with Gasteiger partial charge in [0.15, 0.2) is 11.6 Å². The number of hydrogen-bond donors (Lipinski definition) is 2. The normalized spacial score (nSPS) is 20.4. The molecular weight excluding hydrogens is 341 g/mol. The molecule has 0 bridgehead atoms. The first-order chi connectivity index (χ1) is 10.1. The van der Waals surface area contributed by atoms with Crippen molar-refractivity contribution >= 4 is 36.5 Å². The molecule has 9 heteroatoms. The smallest absolute Gasteiger partial charge is 0.281 e. The summed E-state index contributed by atoms with van der Waals surface area (Å²) in [6.45, 7) is 5.04. The zero-order valence-electron chi connectivity index (χ0n) is 13.1. The number of hydrogen-bond acceptors (Lipinski definition) is 6. The summed E-state index contributed by atoms with van der Waals surface area (Å²) in [6, 6.07) is 0. The second kappa shape index (κ2) is 8.63. The Morgan fingerprint density at radius 2 is 1.96 bits per heavy atom. The van der Waals surface area contributed by atoms with Gasteiger partial charge in [0.2, 0.25) is 6.23 Å². The Labute approximate surface area is 148 Å². The van der Waals surface area contributed by atoms with Crippen LogP contribution in [0.2, 0.25) is 0 Å². The lowest BCUT2D eigenvalue weighted by Gasteiger charge is -2.27. The molecule has 3 heterocycles. The molecule has 7 nitrogen and oxygen atoms in total. The number of aromatic nitrogens is 2. The van der Waals surface area contributed by atoms with Gasteiger partial charge in [-0.2, -0.15) is 0 Å². The number of aryl methyl sites for hydroxylation is 1. The van der Waals surface area contributed by atoms with E-state index in [0.717, 1.165) is 31.7 Å². The quantitative estimate of drug-likeness (QED) is 0.839. The van der Waals surface area contributed by atoms with Gasteiger partial charge in [-0.3, -0.25) is 10.5 Å². The molecule has 1 aromatic heterocycles. The number of likely N-dealkylation sites (tertiary alicyclic amines) is 1. The molecule has 2 aliphatic rings.